The van der Waals surface area contributed by atoms with Gasteiger partial charge in [0.1, 0.15) is 6.61 Å². The normalized spacial score (nSPS) is 10.8. The molecule has 75 heavy (non-hydrogen) atoms. The van der Waals surface area contributed by atoms with Gasteiger partial charge in [-0.25, -0.2) is 28.8 Å². The molecule has 0 aliphatic heterocycles. The van der Waals surface area contributed by atoms with Gasteiger partial charge in [0.2, 0.25) is 27.2 Å². The van der Waals surface area contributed by atoms with E-state index >= 15 is 0 Å². The molecule has 1 unspecified atom stereocenters. The second-order valence-corrected chi connectivity index (χ2v) is 13.9. The molecule has 0 radical (unpaired) electrons. The molecule has 4 rings (SSSR count). The van der Waals surface area contributed by atoms with Crippen LogP contribution in [-0.2, 0) is 63.4 Å². The minimum atomic E-state index is -0.693. The lowest BCUT2D eigenvalue weighted by molar-refractivity contribution is -0.159. The first-order valence-corrected chi connectivity index (χ1v) is 22.2. The van der Waals surface area contributed by atoms with Gasteiger partial charge in [0.15, 0.2) is 0 Å². The van der Waals surface area contributed by atoms with Crippen LogP contribution in [-0.4, -0.2) is 117 Å². The van der Waals surface area contributed by atoms with Crippen LogP contribution in [0.1, 0.15) is 77.2 Å². The van der Waals surface area contributed by atoms with Crippen LogP contribution in [0.4, 0.5) is 24.9 Å². The molecule has 0 saturated carbocycles. The van der Waals surface area contributed by atoms with E-state index in [0.717, 1.165) is 35.1 Å². The zero-order valence-corrected chi connectivity index (χ0v) is 41.4. The van der Waals surface area contributed by atoms with E-state index in [1.165, 1.54) is 52.5 Å². The van der Waals surface area contributed by atoms with Gasteiger partial charge < -0.3 is 63.9 Å². The lowest BCUT2D eigenvalue weighted by Gasteiger charge is -2.21. The highest BCUT2D eigenvalue weighted by atomic mass is 16.7. The molecule has 3 aromatic rings. The van der Waals surface area contributed by atoms with Crippen molar-refractivity contribution >= 4 is 53.9 Å². The van der Waals surface area contributed by atoms with Crippen LogP contribution in [0, 0.1) is 24.2 Å². The summed E-state index contributed by atoms with van der Waals surface area (Å²) in [4.78, 5) is 93.0. The first-order chi connectivity index (χ1) is 36.2. The lowest BCUT2D eigenvalue weighted by Crippen LogP contribution is -2.23. The van der Waals surface area contributed by atoms with Gasteiger partial charge >= 0.3 is 48.3 Å². The molecule has 1 aliphatic rings. The zero-order valence-electron chi connectivity index (χ0n) is 41.4. The first kappa shape index (κ1) is 63.3. The largest absolute Gasteiger partial charge is 0.428 e. The van der Waals surface area contributed by atoms with Crippen LogP contribution in [0.15, 0.2) is 83.0 Å². The Morgan fingerprint density at radius 2 is 1.12 bits per heavy atom. The maximum absolute atomic E-state index is 11.9. The molecule has 400 valence electrons. The Morgan fingerprint density at radius 1 is 0.613 bits per heavy atom. The first-order valence-electron chi connectivity index (χ1n) is 22.2. The smallest absolute Gasteiger partial charge is 0.409 e. The summed E-state index contributed by atoms with van der Waals surface area (Å²) in [6, 6.07) is 21.4. The van der Waals surface area contributed by atoms with Crippen molar-refractivity contribution in [2.75, 3.05) is 68.5 Å². The van der Waals surface area contributed by atoms with Crippen LogP contribution in [0.5, 0.6) is 0 Å². The Balaban J connectivity index is 0.000000521. The summed E-state index contributed by atoms with van der Waals surface area (Å²) in [6.45, 7) is -1.52. The highest BCUT2D eigenvalue weighted by molar-refractivity contribution is 5.89. The van der Waals surface area contributed by atoms with Crippen molar-refractivity contribution < 1.29 is 81.0 Å². The molecular weight excluding hydrogens is 989 g/mol. The predicted molar refractivity (Wildman–Crippen MR) is 262 cm³/mol. The molecule has 0 bridgehead atoms. The average Bonchev–Trinajstić information content (AvgIpc) is 3.42. The van der Waals surface area contributed by atoms with Crippen molar-refractivity contribution in [1.29, 1.82) is 0 Å². The summed E-state index contributed by atoms with van der Waals surface area (Å²) in [5.41, 5.74) is 20.7. The number of amides is 4. The number of nitrogens with one attached hydrogen (secondary N) is 4. The van der Waals surface area contributed by atoms with E-state index in [-0.39, 0.29) is 44.7 Å². The van der Waals surface area contributed by atoms with Crippen molar-refractivity contribution in [2.45, 2.75) is 51.0 Å². The second-order valence-electron chi connectivity index (χ2n) is 13.9. The minimum Gasteiger partial charge on any atom is -0.428 e. The van der Waals surface area contributed by atoms with E-state index in [1.54, 1.807) is 0 Å². The fourth-order valence-electron chi connectivity index (χ4n) is 5.18. The lowest BCUT2D eigenvalue weighted by atomic mass is 9.92. The topological polar surface area (TPSA) is 365 Å². The highest BCUT2D eigenvalue weighted by Crippen LogP contribution is 2.28. The number of benzene rings is 3. The molecule has 4 amide bonds. The monoisotopic (exact) mass is 1040 g/mol. The van der Waals surface area contributed by atoms with Gasteiger partial charge in [0.05, 0.1) is 18.1 Å². The number of rotatable bonds is 21. The van der Waals surface area contributed by atoms with Crippen molar-refractivity contribution in [1.82, 2.24) is 21.3 Å². The molecule has 27 nitrogen and oxygen atoms in total. The van der Waals surface area contributed by atoms with Gasteiger partial charge in [-0.3, -0.25) is 9.59 Å². The average molecular weight is 1050 g/mol. The van der Waals surface area contributed by atoms with E-state index in [0.29, 0.717) is 31.5 Å². The number of ether oxygens (including phenoxy) is 9. The Bertz CT molecular complexity index is 2530. The third-order valence-corrected chi connectivity index (χ3v) is 8.83. The molecule has 3 aromatic carbocycles. The standard InChI is InChI=1S/C21H19NO5.C10H10N4O4.C9H16N4O4.C8H11NO4/c1-22-21(24)27-14-26-20(23)13-25-19-12-17-8-3-2-6-15(17)10-11-16-7-4-5-9-18(16)19;1-12-10(16)18-6-17-9(15)7-2-4-8(5-3-7)13-14-11;1-11-9(15)17-7-16-8(14)5-3-2-4-6-12-13-10;1-3-4-5-7(10)12-6-13-8(11)9-2/h2-9,19H,12-14H2,1H3,(H,22,24);2-5H,6H2,1H3,(H,12,16);2-7H2,1H3,(H,11,15);1H,4-6H2,2H3,(H,9,11). The molecule has 1 aliphatic carbocycles. The Labute approximate surface area is 430 Å². The minimum absolute atomic E-state index is 0.133. The third kappa shape index (κ3) is 30.0. The number of esters is 4. The van der Waals surface area contributed by atoms with E-state index in [1.807, 2.05) is 48.5 Å². The van der Waals surface area contributed by atoms with Crippen LogP contribution in [0.25, 0.3) is 20.9 Å². The summed E-state index contributed by atoms with van der Waals surface area (Å²) in [5, 5.41) is 15.6. The van der Waals surface area contributed by atoms with E-state index in [4.69, 9.17) is 27.0 Å². The molecular formula is C48H56N10O17. The number of carbonyl (C=O) groups excluding carboxylic acids is 8. The van der Waals surface area contributed by atoms with Crippen molar-refractivity contribution in [3.8, 4) is 24.2 Å². The van der Waals surface area contributed by atoms with Gasteiger partial charge in [0.25, 0.3) is 0 Å². The maximum atomic E-state index is 11.9. The van der Waals surface area contributed by atoms with E-state index < -0.39 is 61.8 Å². The van der Waals surface area contributed by atoms with Crippen LogP contribution >= 0.6 is 0 Å². The number of hydrogen-bond acceptors (Lipinski definition) is 19. The summed E-state index contributed by atoms with van der Waals surface area (Å²) < 4.78 is 42.5. The maximum Gasteiger partial charge on any atom is 0.409 e. The van der Waals surface area contributed by atoms with Crippen molar-refractivity contribution in [3.05, 3.63) is 121 Å². The Kier molecular flexibility index (Phi) is 33.8. The number of nitrogens with zero attached hydrogens (tertiary/aromatic N) is 6. The number of fused-ring (bicyclic) bond motifs is 2. The fraction of sp³-hybridized carbons (Fsp3) is 0.375. The summed E-state index contributed by atoms with van der Waals surface area (Å²) in [5.74, 6) is 6.51. The van der Waals surface area contributed by atoms with Crippen molar-refractivity contribution in [3.63, 3.8) is 0 Å². The molecule has 0 aromatic heterocycles. The quantitative estimate of drug-likeness (QED) is 0.0127. The molecule has 0 fully saturated rings. The predicted octanol–water partition coefficient (Wildman–Crippen LogP) is 6.63. The van der Waals surface area contributed by atoms with E-state index in [9.17, 15) is 38.4 Å². The Hall–Kier alpha value is -9.68. The summed E-state index contributed by atoms with van der Waals surface area (Å²) >= 11 is 0. The molecule has 0 saturated heterocycles. The van der Waals surface area contributed by atoms with E-state index in [2.05, 4.69) is 92.2 Å². The van der Waals surface area contributed by atoms with Crippen molar-refractivity contribution in [2.24, 2.45) is 10.2 Å². The zero-order chi connectivity index (χ0) is 55.5. The number of carbonyl (C=O) groups is 8. The number of azide groups is 2. The van der Waals surface area contributed by atoms with Gasteiger partial charge in [-0.05, 0) is 59.3 Å². The third-order valence-electron chi connectivity index (χ3n) is 8.83. The SMILES string of the molecule is C#CCCC(=O)OCOC(=O)NC.CNC(=O)OCOC(=O)CCCCCN=[N+]=[N-].CNC(=O)OCOC(=O)COC1Cc2ccccc2C#Cc2ccccc21.CNC(=O)OCOC(=O)c1ccc(N=[N+]=[N-])cc1. The summed E-state index contributed by atoms with van der Waals surface area (Å²) in [6.07, 6.45) is 5.39. The van der Waals surface area contributed by atoms with Gasteiger partial charge in [-0.1, -0.05) is 77.0 Å². The summed E-state index contributed by atoms with van der Waals surface area (Å²) in [7, 11) is 5.62. The Morgan fingerprint density at radius 3 is 1.67 bits per heavy atom. The molecule has 0 heterocycles. The number of alkyl carbamates (subject to hydrolysis) is 4. The van der Waals surface area contributed by atoms with Gasteiger partial charge in [0, 0.05) is 80.6 Å². The highest BCUT2D eigenvalue weighted by Gasteiger charge is 2.21. The number of terminal acetylenes is 1. The van der Waals surface area contributed by atoms with Crippen LogP contribution < -0.4 is 21.3 Å². The number of hydrogen-bond donors (Lipinski definition) is 4. The molecule has 1 atom stereocenters. The van der Waals surface area contributed by atoms with Gasteiger partial charge in [-0.2, -0.15) is 0 Å². The molecule has 0 spiro atoms. The number of unbranched alkanes of at least 4 members (excludes halogenated alkanes) is 2. The fourth-order valence-corrected chi connectivity index (χ4v) is 5.18. The molecule has 27 heteroatoms. The second kappa shape index (κ2) is 40.0. The van der Waals surface area contributed by atoms with Crippen LogP contribution in [0.2, 0.25) is 0 Å². The van der Waals surface area contributed by atoms with Crippen LogP contribution in [0.3, 0.4) is 0 Å². The van der Waals surface area contributed by atoms with Gasteiger partial charge in [-0.15, -0.1) is 12.3 Å². The molecule has 4 N–H and O–H groups in total.